The summed E-state index contributed by atoms with van der Waals surface area (Å²) < 4.78 is 23.6. The maximum Gasteiger partial charge on any atom is 0.237 e. The molecule has 0 saturated carbocycles. The zero-order valence-corrected chi connectivity index (χ0v) is 13.9. The van der Waals surface area contributed by atoms with Gasteiger partial charge in [0.05, 0.1) is 19.5 Å². The average molecular weight is 335 g/mol. The largest absolute Gasteiger partial charge is 0.493 e. The summed E-state index contributed by atoms with van der Waals surface area (Å²) in [6, 6.07) is 11.3. The Balaban J connectivity index is 2.03. The van der Waals surface area contributed by atoms with E-state index >= 15 is 0 Å². The Kier molecular flexibility index (Phi) is 5.87. The predicted octanol–water partition coefficient (Wildman–Crippen LogP) is 3.96. The second-order valence-electron chi connectivity index (χ2n) is 4.78. The fourth-order valence-electron chi connectivity index (χ4n) is 1.96. The van der Waals surface area contributed by atoms with E-state index in [1.165, 1.54) is 23.9 Å². The molecule has 0 radical (unpaired) electrons. The second kappa shape index (κ2) is 7.87. The van der Waals surface area contributed by atoms with Crippen LogP contribution in [0.2, 0.25) is 0 Å². The minimum absolute atomic E-state index is 0.199. The Hall–Kier alpha value is -2.21. The quantitative estimate of drug-likeness (QED) is 0.812. The molecular weight excluding hydrogens is 317 g/mol. The van der Waals surface area contributed by atoms with Gasteiger partial charge in [-0.1, -0.05) is 6.07 Å². The van der Waals surface area contributed by atoms with Crippen LogP contribution in [0.25, 0.3) is 0 Å². The highest BCUT2D eigenvalue weighted by molar-refractivity contribution is 8.00. The summed E-state index contributed by atoms with van der Waals surface area (Å²) in [4.78, 5) is 13.1. The highest BCUT2D eigenvalue weighted by Crippen LogP contribution is 2.33. The number of carbonyl (C=O) groups is 1. The smallest absolute Gasteiger partial charge is 0.237 e. The Morgan fingerprint density at radius 1 is 1.13 bits per heavy atom. The van der Waals surface area contributed by atoms with Gasteiger partial charge < -0.3 is 14.8 Å². The van der Waals surface area contributed by atoms with Crippen molar-refractivity contribution in [2.75, 3.05) is 19.5 Å². The van der Waals surface area contributed by atoms with E-state index in [1.807, 2.05) is 12.1 Å². The lowest BCUT2D eigenvalue weighted by Crippen LogP contribution is -2.22. The molecular formula is C17H18FNO3S. The molecule has 0 aliphatic heterocycles. The molecule has 0 aliphatic rings. The number of rotatable bonds is 6. The third kappa shape index (κ3) is 4.63. The minimum Gasteiger partial charge on any atom is -0.493 e. The van der Waals surface area contributed by atoms with Gasteiger partial charge in [0.2, 0.25) is 5.91 Å². The molecule has 122 valence electrons. The maximum absolute atomic E-state index is 13.1. The van der Waals surface area contributed by atoms with Crippen LogP contribution in [0.5, 0.6) is 11.5 Å². The molecule has 0 spiro atoms. The van der Waals surface area contributed by atoms with E-state index in [-0.39, 0.29) is 17.0 Å². The van der Waals surface area contributed by atoms with Crippen molar-refractivity contribution >= 4 is 23.4 Å². The van der Waals surface area contributed by atoms with Crippen molar-refractivity contribution in [2.24, 2.45) is 0 Å². The molecule has 0 unspecified atom stereocenters. The van der Waals surface area contributed by atoms with Crippen LogP contribution in [0, 0.1) is 5.82 Å². The fourth-order valence-corrected chi connectivity index (χ4v) is 2.85. The zero-order valence-electron chi connectivity index (χ0n) is 13.1. The summed E-state index contributed by atoms with van der Waals surface area (Å²) in [5, 5.41) is 2.35. The van der Waals surface area contributed by atoms with Gasteiger partial charge in [0.15, 0.2) is 11.5 Å². The van der Waals surface area contributed by atoms with Crippen LogP contribution in [0.4, 0.5) is 10.1 Å². The number of carbonyl (C=O) groups excluding carboxylic acids is 1. The first-order valence-electron chi connectivity index (χ1n) is 6.98. The predicted molar refractivity (Wildman–Crippen MR) is 89.9 cm³/mol. The van der Waals surface area contributed by atoms with E-state index in [9.17, 15) is 9.18 Å². The summed E-state index contributed by atoms with van der Waals surface area (Å²) in [5.41, 5.74) is 0.440. The summed E-state index contributed by atoms with van der Waals surface area (Å²) in [6.45, 7) is 1.79. The number of nitrogens with one attached hydrogen (secondary N) is 1. The molecule has 2 rings (SSSR count). The monoisotopic (exact) mass is 335 g/mol. The maximum atomic E-state index is 13.1. The number of hydrogen-bond donors (Lipinski definition) is 1. The van der Waals surface area contributed by atoms with Gasteiger partial charge in [0.1, 0.15) is 5.82 Å². The SMILES string of the molecule is COc1ccc(S[C@H](C)C(=O)Nc2cccc(F)c2)cc1OC. The highest BCUT2D eigenvalue weighted by atomic mass is 32.2. The van der Waals surface area contributed by atoms with Crippen LogP contribution in [0.1, 0.15) is 6.92 Å². The molecule has 0 fully saturated rings. The number of hydrogen-bond acceptors (Lipinski definition) is 4. The van der Waals surface area contributed by atoms with E-state index in [1.54, 1.807) is 39.3 Å². The Labute approximate surface area is 139 Å². The lowest BCUT2D eigenvalue weighted by molar-refractivity contribution is -0.115. The van der Waals surface area contributed by atoms with Crippen molar-refractivity contribution in [1.82, 2.24) is 0 Å². The van der Waals surface area contributed by atoms with Gasteiger partial charge in [-0.2, -0.15) is 0 Å². The van der Waals surface area contributed by atoms with Gasteiger partial charge in [0.25, 0.3) is 0 Å². The molecule has 23 heavy (non-hydrogen) atoms. The zero-order chi connectivity index (χ0) is 16.8. The molecule has 0 aromatic heterocycles. The summed E-state index contributed by atoms with van der Waals surface area (Å²) in [6.07, 6.45) is 0. The van der Waals surface area contributed by atoms with E-state index in [0.29, 0.717) is 17.2 Å². The Morgan fingerprint density at radius 2 is 1.87 bits per heavy atom. The first-order valence-corrected chi connectivity index (χ1v) is 7.86. The topological polar surface area (TPSA) is 47.6 Å². The third-order valence-electron chi connectivity index (χ3n) is 3.13. The number of ether oxygens (including phenoxy) is 2. The van der Waals surface area contributed by atoms with Crippen LogP contribution in [-0.2, 0) is 4.79 Å². The van der Waals surface area contributed by atoms with E-state index in [0.717, 1.165) is 4.90 Å². The van der Waals surface area contributed by atoms with Crippen LogP contribution >= 0.6 is 11.8 Å². The Bertz CT molecular complexity index is 693. The first kappa shape index (κ1) is 17.1. The van der Waals surface area contributed by atoms with Gasteiger partial charge in [-0.15, -0.1) is 11.8 Å². The molecule has 1 amide bonds. The molecule has 0 aliphatic carbocycles. The van der Waals surface area contributed by atoms with Gasteiger partial charge in [0, 0.05) is 10.6 Å². The number of benzene rings is 2. The Morgan fingerprint density at radius 3 is 2.52 bits per heavy atom. The number of anilines is 1. The summed E-state index contributed by atoms with van der Waals surface area (Å²) in [7, 11) is 3.13. The van der Waals surface area contributed by atoms with Crippen molar-refractivity contribution in [2.45, 2.75) is 17.1 Å². The third-order valence-corrected chi connectivity index (χ3v) is 4.22. The average Bonchev–Trinajstić information content (AvgIpc) is 2.54. The fraction of sp³-hybridized carbons (Fsp3) is 0.235. The van der Waals surface area contributed by atoms with Crippen LogP contribution in [0.15, 0.2) is 47.4 Å². The van der Waals surface area contributed by atoms with Crippen molar-refractivity contribution in [1.29, 1.82) is 0 Å². The van der Waals surface area contributed by atoms with E-state index in [2.05, 4.69) is 5.32 Å². The molecule has 6 heteroatoms. The molecule has 0 bridgehead atoms. The number of methoxy groups -OCH3 is 2. The second-order valence-corrected chi connectivity index (χ2v) is 6.19. The van der Waals surface area contributed by atoms with E-state index < -0.39 is 0 Å². The molecule has 2 aromatic rings. The normalized spacial score (nSPS) is 11.7. The molecule has 0 saturated heterocycles. The summed E-state index contributed by atoms with van der Waals surface area (Å²) in [5.74, 6) is 0.655. The van der Waals surface area contributed by atoms with Gasteiger partial charge in [-0.25, -0.2) is 4.39 Å². The van der Waals surface area contributed by atoms with Crippen LogP contribution in [-0.4, -0.2) is 25.4 Å². The standard InChI is InChI=1S/C17H18FNO3S/c1-11(17(20)19-13-6-4-5-12(18)9-13)23-14-7-8-15(21-2)16(10-14)22-3/h4-11H,1-3H3,(H,19,20)/t11-/m1/s1. The first-order chi connectivity index (χ1) is 11.0. The lowest BCUT2D eigenvalue weighted by Gasteiger charge is -2.14. The molecule has 1 atom stereocenters. The van der Waals surface area contributed by atoms with Crippen molar-refractivity contribution in [3.8, 4) is 11.5 Å². The minimum atomic E-state index is -0.386. The van der Waals surface area contributed by atoms with Crippen LogP contribution in [0.3, 0.4) is 0 Å². The lowest BCUT2D eigenvalue weighted by atomic mass is 10.3. The molecule has 1 N–H and O–H groups in total. The van der Waals surface area contributed by atoms with Crippen LogP contribution < -0.4 is 14.8 Å². The molecule has 2 aromatic carbocycles. The van der Waals surface area contributed by atoms with Crippen molar-refractivity contribution in [3.05, 3.63) is 48.3 Å². The van der Waals surface area contributed by atoms with Gasteiger partial charge in [-0.05, 0) is 43.3 Å². The molecule has 0 heterocycles. The van der Waals surface area contributed by atoms with Crippen molar-refractivity contribution < 1.29 is 18.7 Å². The number of amides is 1. The summed E-state index contributed by atoms with van der Waals surface area (Å²) >= 11 is 1.38. The van der Waals surface area contributed by atoms with Gasteiger partial charge >= 0.3 is 0 Å². The highest BCUT2D eigenvalue weighted by Gasteiger charge is 2.16. The van der Waals surface area contributed by atoms with Crippen molar-refractivity contribution in [3.63, 3.8) is 0 Å². The molecule has 4 nitrogen and oxygen atoms in total. The number of halogens is 1. The van der Waals surface area contributed by atoms with E-state index in [4.69, 9.17) is 9.47 Å². The van der Waals surface area contributed by atoms with Gasteiger partial charge in [-0.3, -0.25) is 4.79 Å². The number of thioether (sulfide) groups is 1.